The first-order valence-electron chi connectivity index (χ1n) is 2.97. The van der Waals surface area contributed by atoms with Crippen LogP contribution >= 0.6 is 0 Å². The largest absolute Gasteiger partial charge is 1.00 e. The van der Waals surface area contributed by atoms with Crippen molar-refractivity contribution in [2.24, 2.45) is 0 Å². The molecule has 0 aliphatic heterocycles. The average molecular weight is 338 g/mol. The maximum absolute atomic E-state index is 9.76. The summed E-state index contributed by atoms with van der Waals surface area (Å²) >= 11 is 0. The van der Waals surface area contributed by atoms with E-state index in [9.17, 15) is 9.90 Å². The molecular formula is C6H11FrO2. The summed E-state index contributed by atoms with van der Waals surface area (Å²) in [6.07, 6.45) is 3.04. The van der Waals surface area contributed by atoms with Gasteiger partial charge in [0.2, 0.25) is 0 Å². The molecule has 0 amide bonds. The summed E-state index contributed by atoms with van der Waals surface area (Å²) in [7, 11) is 0. The first kappa shape index (κ1) is 12.7. The monoisotopic (exact) mass is 338 g/mol. The number of carbonyl (C=O) groups is 1. The van der Waals surface area contributed by atoms with Gasteiger partial charge in [0.1, 0.15) is 0 Å². The van der Waals surface area contributed by atoms with Crippen molar-refractivity contribution in [3.05, 3.63) is 0 Å². The quantitative estimate of drug-likeness (QED) is 0.693. The molecule has 0 saturated carbocycles. The van der Waals surface area contributed by atoms with Crippen LogP contribution in [0.5, 0.6) is 0 Å². The minimum atomic E-state index is -0.932. The Morgan fingerprint density at radius 3 is 2.33 bits per heavy atom. The topological polar surface area (TPSA) is 40.1 Å². The Morgan fingerprint density at radius 2 is 2.00 bits per heavy atom. The van der Waals surface area contributed by atoms with Crippen molar-refractivity contribution < 1.29 is 59.8 Å². The Bertz CT molecular complexity index is 73.5. The van der Waals surface area contributed by atoms with E-state index in [1.807, 2.05) is 6.92 Å². The number of aliphatic carboxylic acids is 1. The smallest absolute Gasteiger partial charge is 0.550 e. The summed E-state index contributed by atoms with van der Waals surface area (Å²) in [6, 6.07) is 0. The van der Waals surface area contributed by atoms with Crippen LogP contribution in [0.25, 0.3) is 0 Å². The summed E-state index contributed by atoms with van der Waals surface area (Å²) in [4.78, 5) is 9.76. The van der Waals surface area contributed by atoms with Crippen molar-refractivity contribution in [3.63, 3.8) is 0 Å². The van der Waals surface area contributed by atoms with E-state index in [1.54, 1.807) is 0 Å². The number of carboxylic acids is 1. The van der Waals surface area contributed by atoms with Crippen molar-refractivity contribution in [2.45, 2.75) is 32.6 Å². The zero-order valence-corrected chi connectivity index (χ0v) is 14.4. The molecule has 0 aromatic carbocycles. The van der Waals surface area contributed by atoms with E-state index in [0.717, 1.165) is 19.3 Å². The van der Waals surface area contributed by atoms with Gasteiger partial charge in [0, 0.05) is 5.97 Å². The SMILES string of the molecule is CCCCCC(=O)[O-].[Fr+]. The van der Waals surface area contributed by atoms with E-state index in [2.05, 4.69) is 0 Å². The van der Waals surface area contributed by atoms with Gasteiger partial charge >= 0.3 is 49.9 Å². The summed E-state index contributed by atoms with van der Waals surface area (Å²) in [5, 5.41) is 9.76. The van der Waals surface area contributed by atoms with Gasteiger partial charge in [-0.1, -0.05) is 19.8 Å². The number of carboxylic acid groups (broad SMARTS) is 1. The summed E-state index contributed by atoms with van der Waals surface area (Å²) in [5.41, 5.74) is 0. The van der Waals surface area contributed by atoms with Crippen LogP contribution in [0, 0.1) is 49.9 Å². The van der Waals surface area contributed by atoms with Crippen molar-refractivity contribution >= 4 is 5.97 Å². The Morgan fingerprint density at radius 1 is 1.44 bits per heavy atom. The van der Waals surface area contributed by atoms with Crippen LogP contribution in [0.15, 0.2) is 0 Å². The van der Waals surface area contributed by atoms with Crippen LogP contribution in [0.4, 0.5) is 0 Å². The molecule has 0 spiro atoms. The van der Waals surface area contributed by atoms with Crippen molar-refractivity contribution in [3.8, 4) is 0 Å². The van der Waals surface area contributed by atoms with Crippen LogP contribution < -0.4 is 5.11 Å². The minimum absolute atomic E-state index is 0. The van der Waals surface area contributed by atoms with E-state index in [-0.39, 0.29) is 56.3 Å². The molecule has 0 aromatic rings. The van der Waals surface area contributed by atoms with Gasteiger partial charge < -0.3 is 9.90 Å². The Labute approximate surface area is 97.0 Å². The molecule has 0 saturated heterocycles. The van der Waals surface area contributed by atoms with E-state index in [1.165, 1.54) is 0 Å². The Hall–Kier alpha value is 1.07. The first-order chi connectivity index (χ1) is 3.77. The third-order valence-corrected chi connectivity index (χ3v) is 0.984. The van der Waals surface area contributed by atoms with E-state index < -0.39 is 5.97 Å². The van der Waals surface area contributed by atoms with Gasteiger partial charge in [0.25, 0.3) is 0 Å². The maximum atomic E-state index is 9.76. The standard InChI is InChI=1S/C6H12O2.Fr/c1-2-3-4-5-6(7)8;/h2-5H2,1H3,(H,7,8);/q;+1/p-1. The van der Waals surface area contributed by atoms with E-state index in [0.29, 0.717) is 0 Å². The number of hydrogen-bond acceptors (Lipinski definition) is 2. The fraction of sp³-hybridized carbons (Fsp3) is 0.833. The zero-order chi connectivity index (χ0) is 6.41. The van der Waals surface area contributed by atoms with Gasteiger partial charge in [-0.2, -0.15) is 0 Å². The predicted molar refractivity (Wildman–Crippen MR) is 29.1 cm³/mol. The Balaban J connectivity index is 0. The number of unbranched alkanes of at least 4 members (excludes halogenated alkanes) is 2. The fourth-order valence-electron chi connectivity index (χ4n) is 0.519. The number of hydrogen-bond donors (Lipinski definition) is 0. The molecule has 0 N–H and O–H groups in total. The Kier molecular flexibility index (Phi) is 12.8. The fourth-order valence-corrected chi connectivity index (χ4v) is 0.519. The predicted octanol–water partition coefficient (Wildman–Crippen LogP) is 0.317. The molecule has 2 nitrogen and oxygen atoms in total. The molecule has 0 aromatic heterocycles. The molecule has 48 valence electrons. The van der Waals surface area contributed by atoms with Crippen LogP contribution in [0.2, 0.25) is 0 Å². The van der Waals surface area contributed by atoms with Crippen molar-refractivity contribution in [1.82, 2.24) is 0 Å². The van der Waals surface area contributed by atoms with Gasteiger partial charge in [0.05, 0.1) is 0 Å². The molecule has 0 radical (unpaired) electrons. The number of carbonyl (C=O) groups excluding carboxylic acids is 1. The van der Waals surface area contributed by atoms with Gasteiger partial charge in [-0.05, 0) is 12.8 Å². The van der Waals surface area contributed by atoms with E-state index in [4.69, 9.17) is 0 Å². The molecular weight excluding hydrogens is 327 g/mol. The molecule has 0 aliphatic carbocycles. The molecule has 9 heavy (non-hydrogen) atoms. The van der Waals surface area contributed by atoms with Crippen LogP contribution in [0.1, 0.15) is 32.6 Å². The van der Waals surface area contributed by atoms with Crippen LogP contribution in [-0.4, -0.2) is 5.97 Å². The van der Waals surface area contributed by atoms with Crippen LogP contribution in [0.3, 0.4) is 0 Å². The normalized spacial score (nSPS) is 8.11. The van der Waals surface area contributed by atoms with Gasteiger partial charge in [-0.25, -0.2) is 0 Å². The first-order valence-corrected chi connectivity index (χ1v) is 2.97. The third-order valence-electron chi connectivity index (χ3n) is 0.984. The summed E-state index contributed by atoms with van der Waals surface area (Å²) < 4.78 is 0. The molecule has 0 atom stereocenters. The van der Waals surface area contributed by atoms with Crippen LogP contribution in [-0.2, 0) is 4.79 Å². The number of rotatable bonds is 4. The third kappa shape index (κ3) is 12.3. The van der Waals surface area contributed by atoms with E-state index >= 15 is 0 Å². The van der Waals surface area contributed by atoms with Crippen molar-refractivity contribution in [1.29, 1.82) is 0 Å². The van der Waals surface area contributed by atoms with Gasteiger partial charge in [-0.15, -0.1) is 0 Å². The molecule has 0 fully saturated rings. The van der Waals surface area contributed by atoms with Gasteiger partial charge in [-0.3, -0.25) is 0 Å². The maximum Gasteiger partial charge on any atom is 1.00 e. The second-order valence-corrected chi connectivity index (χ2v) is 1.83. The van der Waals surface area contributed by atoms with Crippen molar-refractivity contribution in [2.75, 3.05) is 0 Å². The second kappa shape index (κ2) is 9.07. The summed E-state index contributed by atoms with van der Waals surface area (Å²) in [5.74, 6) is -0.932. The molecule has 0 heterocycles. The second-order valence-electron chi connectivity index (χ2n) is 1.83. The molecule has 0 aliphatic rings. The molecule has 0 bridgehead atoms. The molecule has 3 heteroatoms. The zero-order valence-electron chi connectivity index (χ0n) is 6.14. The van der Waals surface area contributed by atoms with Gasteiger partial charge in [0.15, 0.2) is 0 Å². The summed E-state index contributed by atoms with van der Waals surface area (Å²) in [6.45, 7) is 2.04. The minimum Gasteiger partial charge on any atom is -0.550 e. The average Bonchev–Trinajstić information content (AvgIpc) is 1.66. The molecule has 0 unspecified atom stereocenters. The molecule has 0 rings (SSSR count).